The van der Waals surface area contributed by atoms with Gasteiger partial charge in [-0.15, -0.1) is 0 Å². The largest absolute Gasteiger partial charge is 0.481 e. The summed E-state index contributed by atoms with van der Waals surface area (Å²) in [6, 6.07) is 2.17. The molecule has 120 valence electrons. The van der Waals surface area contributed by atoms with Crippen LogP contribution in [0.15, 0.2) is 0 Å². The third-order valence-electron chi connectivity index (χ3n) is 6.46. The molecule has 0 aromatic carbocycles. The van der Waals surface area contributed by atoms with Crippen LogP contribution in [0.1, 0.15) is 71.6 Å². The fourth-order valence-electron chi connectivity index (χ4n) is 5.40. The van der Waals surface area contributed by atoms with Crippen LogP contribution >= 0.6 is 0 Å². The van der Waals surface area contributed by atoms with Crippen LogP contribution in [-0.2, 0) is 4.79 Å². The van der Waals surface area contributed by atoms with E-state index in [1.165, 1.54) is 38.5 Å². The first kappa shape index (κ1) is 15.3. The van der Waals surface area contributed by atoms with E-state index in [1.807, 2.05) is 0 Å². The first-order valence-electron chi connectivity index (χ1n) is 9.03. The van der Waals surface area contributed by atoms with E-state index >= 15 is 0 Å². The SMILES string of the molecule is CC(C)C1CCC(N2C3CCC2CC(CC(=O)O)C3)CC1. The van der Waals surface area contributed by atoms with Crippen molar-refractivity contribution in [3.8, 4) is 0 Å². The maximum Gasteiger partial charge on any atom is 0.303 e. The molecule has 1 aliphatic carbocycles. The van der Waals surface area contributed by atoms with Gasteiger partial charge in [-0.25, -0.2) is 0 Å². The first-order valence-corrected chi connectivity index (χ1v) is 9.03. The Bertz CT molecular complexity index is 359. The van der Waals surface area contributed by atoms with Crippen LogP contribution in [0.4, 0.5) is 0 Å². The first-order chi connectivity index (χ1) is 10.0. The van der Waals surface area contributed by atoms with Gasteiger partial charge in [-0.05, 0) is 69.1 Å². The smallest absolute Gasteiger partial charge is 0.303 e. The van der Waals surface area contributed by atoms with Gasteiger partial charge in [0.1, 0.15) is 0 Å². The van der Waals surface area contributed by atoms with E-state index in [1.54, 1.807) is 0 Å². The van der Waals surface area contributed by atoms with Crippen LogP contribution in [0, 0.1) is 17.8 Å². The summed E-state index contributed by atoms with van der Waals surface area (Å²) in [5.41, 5.74) is 0. The summed E-state index contributed by atoms with van der Waals surface area (Å²) < 4.78 is 0. The highest BCUT2D eigenvalue weighted by atomic mass is 16.4. The van der Waals surface area contributed by atoms with Crippen molar-refractivity contribution in [2.24, 2.45) is 17.8 Å². The number of piperidine rings is 1. The normalized spacial score (nSPS) is 40.6. The molecule has 2 aliphatic heterocycles. The summed E-state index contributed by atoms with van der Waals surface area (Å²) in [6.07, 6.45) is 10.8. The molecule has 1 N–H and O–H groups in total. The third-order valence-corrected chi connectivity index (χ3v) is 6.46. The second-order valence-electron chi connectivity index (χ2n) is 8.08. The molecule has 2 heterocycles. The number of carboxylic acids is 1. The Balaban J connectivity index is 1.57. The molecule has 2 unspecified atom stereocenters. The number of aliphatic carboxylic acids is 1. The van der Waals surface area contributed by atoms with Crippen molar-refractivity contribution in [3.63, 3.8) is 0 Å². The van der Waals surface area contributed by atoms with E-state index < -0.39 is 5.97 Å². The maximum atomic E-state index is 11.0. The molecule has 2 bridgehead atoms. The number of hydrogen-bond donors (Lipinski definition) is 1. The molecular formula is C18H31NO2. The van der Waals surface area contributed by atoms with E-state index in [0.29, 0.717) is 24.4 Å². The fourth-order valence-corrected chi connectivity index (χ4v) is 5.40. The molecule has 3 nitrogen and oxygen atoms in total. The monoisotopic (exact) mass is 293 g/mol. The second-order valence-corrected chi connectivity index (χ2v) is 8.08. The van der Waals surface area contributed by atoms with Crippen molar-refractivity contribution in [2.75, 3.05) is 0 Å². The van der Waals surface area contributed by atoms with Crippen LogP contribution in [0.2, 0.25) is 0 Å². The van der Waals surface area contributed by atoms with Gasteiger partial charge in [0.2, 0.25) is 0 Å². The lowest BCUT2D eigenvalue weighted by Crippen LogP contribution is -2.50. The van der Waals surface area contributed by atoms with Crippen molar-refractivity contribution < 1.29 is 9.90 Å². The van der Waals surface area contributed by atoms with E-state index in [4.69, 9.17) is 5.11 Å². The Morgan fingerprint density at radius 1 is 1.00 bits per heavy atom. The minimum Gasteiger partial charge on any atom is -0.481 e. The van der Waals surface area contributed by atoms with E-state index in [9.17, 15) is 4.79 Å². The van der Waals surface area contributed by atoms with Crippen LogP contribution in [0.25, 0.3) is 0 Å². The number of carbonyl (C=O) groups is 1. The Hall–Kier alpha value is -0.570. The van der Waals surface area contributed by atoms with Gasteiger partial charge >= 0.3 is 5.97 Å². The highest BCUT2D eigenvalue weighted by molar-refractivity contribution is 5.67. The number of hydrogen-bond acceptors (Lipinski definition) is 2. The van der Waals surface area contributed by atoms with Crippen molar-refractivity contribution in [1.29, 1.82) is 0 Å². The average molecular weight is 293 g/mol. The molecule has 3 fully saturated rings. The Kier molecular flexibility index (Phi) is 4.58. The van der Waals surface area contributed by atoms with Crippen molar-refractivity contribution >= 4 is 5.97 Å². The van der Waals surface area contributed by atoms with E-state index in [0.717, 1.165) is 30.7 Å². The number of fused-ring (bicyclic) bond motifs is 2. The Morgan fingerprint density at radius 3 is 2.00 bits per heavy atom. The third kappa shape index (κ3) is 3.28. The fraction of sp³-hybridized carbons (Fsp3) is 0.944. The molecule has 0 radical (unpaired) electrons. The lowest BCUT2D eigenvalue weighted by molar-refractivity contribution is -0.138. The number of rotatable bonds is 4. The van der Waals surface area contributed by atoms with Gasteiger partial charge in [0.05, 0.1) is 0 Å². The van der Waals surface area contributed by atoms with Gasteiger partial charge in [0.25, 0.3) is 0 Å². The lowest BCUT2D eigenvalue weighted by atomic mass is 9.77. The lowest BCUT2D eigenvalue weighted by Gasteiger charge is -2.46. The van der Waals surface area contributed by atoms with Crippen LogP contribution in [0.5, 0.6) is 0 Å². The molecule has 0 amide bonds. The van der Waals surface area contributed by atoms with Crippen LogP contribution in [0.3, 0.4) is 0 Å². The standard InChI is InChI=1S/C18H31NO2/c1-12(2)14-3-5-15(6-4-14)19-16-7-8-17(19)10-13(9-16)11-18(20)21/h12-17H,3-11H2,1-2H3,(H,20,21). The van der Waals surface area contributed by atoms with Gasteiger partial charge < -0.3 is 5.11 Å². The summed E-state index contributed by atoms with van der Waals surface area (Å²) in [7, 11) is 0. The summed E-state index contributed by atoms with van der Waals surface area (Å²) in [5, 5.41) is 9.04. The van der Waals surface area contributed by atoms with Crippen molar-refractivity contribution in [3.05, 3.63) is 0 Å². The number of carboxylic acid groups (broad SMARTS) is 1. The minimum absolute atomic E-state index is 0.390. The quantitative estimate of drug-likeness (QED) is 0.854. The molecule has 3 heteroatoms. The van der Waals surface area contributed by atoms with Gasteiger partial charge in [-0.2, -0.15) is 0 Å². The van der Waals surface area contributed by atoms with E-state index in [2.05, 4.69) is 18.7 Å². The second kappa shape index (κ2) is 6.28. The topological polar surface area (TPSA) is 40.5 Å². The summed E-state index contributed by atoms with van der Waals surface area (Å²) in [5.74, 6) is 1.60. The number of nitrogens with zero attached hydrogens (tertiary/aromatic N) is 1. The van der Waals surface area contributed by atoms with Crippen molar-refractivity contribution in [1.82, 2.24) is 4.90 Å². The van der Waals surface area contributed by atoms with Gasteiger partial charge in [-0.3, -0.25) is 9.69 Å². The highest BCUT2D eigenvalue weighted by Crippen LogP contribution is 2.44. The van der Waals surface area contributed by atoms with E-state index in [-0.39, 0.29) is 0 Å². The predicted octanol–water partition coefficient (Wildman–Crippen LogP) is 3.92. The zero-order valence-electron chi connectivity index (χ0n) is 13.6. The average Bonchev–Trinajstić information content (AvgIpc) is 2.70. The molecule has 2 saturated heterocycles. The van der Waals surface area contributed by atoms with Gasteiger partial charge in [0, 0.05) is 24.5 Å². The summed E-state index contributed by atoms with van der Waals surface area (Å²) in [4.78, 5) is 13.8. The van der Waals surface area contributed by atoms with Crippen molar-refractivity contribution in [2.45, 2.75) is 89.8 Å². The molecule has 2 atom stereocenters. The minimum atomic E-state index is -0.606. The zero-order chi connectivity index (χ0) is 15.0. The van der Waals surface area contributed by atoms with Gasteiger partial charge in [0.15, 0.2) is 0 Å². The van der Waals surface area contributed by atoms with Crippen LogP contribution < -0.4 is 0 Å². The molecular weight excluding hydrogens is 262 g/mol. The Labute approximate surface area is 129 Å². The highest BCUT2D eigenvalue weighted by Gasteiger charge is 2.44. The molecule has 3 aliphatic rings. The Morgan fingerprint density at radius 2 is 1.52 bits per heavy atom. The summed E-state index contributed by atoms with van der Waals surface area (Å²) in [6.45, 7) is 4.73. The molecule has 0 aromatic rings. The summed E-state index contributed by atoms with van der Waals surface area (Å²) >= 11 is 0. The predicted molar refractivity (Wildman–Crippen MR) is 84.2 cm³/mol. The zero-order valence-corrected chi connectivity index (χ0v) is 13.6. The molecule has 21 heavy (non-hydrogen) atoms. The maximum absolute atomic E-state index is 11.0. The molecule has 1 saturated carbocycles. The molecule has 3 rings (SSSR count). The molecule has 0 spiro atoms. The van der Waals surface area contributed by atoms with Crippen LogP contribution in [-0.4, -0.2) is 34.1 Å². The van der Waals surface area contributed by atoms with Gasteiger partial charge in [-0.1, -0.05) is 13.8 Å². The molecule has 0 aromatic heterocycles.